The van der Waals surface area contributed by atoms with Gasteiger partial charge in [-0.1, -0.05) is 0 Å². The van der Waals surface area contributed by atoms with E-state index in [1.807, 2.05) is 24.3 Å². The van der Waals surface area contributed by atoms with Gasteiger partial charge in [0.1, 0.15) is 46.4 Å². The Morgan fingerprint density at radius 1 is 1.16 bits per heavy atom. The summed E-state index contributed by atoms with van der Waals surface area (Å²) >= 11 is 0. The second kappa shape index (κ2) is 7.58. The van der Waals surface area contributed by atoms with E-state index in [1.54, 1.807) is 19.5 Å². The molecule has 0 radical (unpaired) electrons. The van der Waals surface area contributed by atoms with Crippen molar-refractivity contribution in [2.75, 3.05) is 17.7 Å². The van der Waals surface area contributed by atoms with Crippen LogP contribution in [0.4, 0.5) is 11.6 Å². The van der Waals surface area contributed by atoms with Crippen molar-refractivity contribution in [2.24, 2.45) is 5.92 Å². The number of hydrogen-bond donors (Lipinski definition) is 2. The Labute approximate surface area is 187 Å². The summed E-state index contributed by atoms with van der Waals surface area (Å²) in [5.74, 6) is 2.46. The number of rotatable bonds is 6. The molecule has 32 heavy (non-hydrogen) atoms. The van der Waals surface area contributed by atoms with Crippen LogP contribution in [0.2, 0.25) is 0 Å². The number of pyridine rings is 2. The van der Waals surface area contributed by atoms with Gasteiger partial charge in [-0.25, -0.2) is 15.0 Å². The highest BCUT2D eigenvalue weighted by Crippen LogP contribution is 2.35. The van der Waals surface area contributed by atoms with Crippen LogP contribution in [0, 0.1) is 5.92 Å². The second-order valence-electron chi connectivity index (χ2n) is 9.13. The average molecular weight is 425 g/mol. The van der Waals surface area contributed by atoms with E-state index in [-0.39, 0.29) is 17.1 Å². The molecule has 0 bridgehead atoms. The minimum atomic E-state index is -0.186. The van der Waals surface area contributed by atoms with E-state index >= 15 is 0 Å². The van der Waals surface area contributed by atoms with Crippen LogP contribution in [-0.4, -0.2) is 56.7 Å². The molecule has 3 heterocycles. The topological polar surface area (TPSA) is 102 Å². The first-order chi connectivity index (χ1) is 15.3. The fraction of sp³-hybridized carbons (Fsp3) is 0.238. The molecule has 8 nitrogen and oxygen atoms in total. The minimum absolute atomic E-state index is 0.00875. The van der Waals surface area contributed by atoms with E-state index in [0.29, 0.717) is 34.4 Å². The molecule has 1 aliphatic rings. The first-order valence-corrected chi connectivity index (χ1v) is 10.6. The number of fused-ring (bicyclic) bond motifs is 2. The van der Waals surface area contributed by atoms with E-state index in [2.05, 4.69) is 49.1 Å². The summed E-state index contributed by atoms with van der Waals surface area (Å²) < 4.78 is 11.3. The number of nitrogens with one attached hydrogen (secondary N) is 2. The Morgan fingerprint density at radius 3 is 2.69 bits per heavy atom. The lowest BCUT2D eigenvalue weighted by atomic mass is 9.49. The second-order valence-corrected chi connectivity index (χ2v) is 9.13. The molecule has 11 heteroatoms. The zero-order chi connectivity index (χ0) is 22.5. The summed E-state index contributed by atoms with van der Waals surface area (Å²) in [5, 5.41) is 7.83. The van der Waals surface area contributed by atoms with Crippen molar-refractivity contribution in [3.05, 3.63) is 36.7 Å². The van der Waals surface area contributed by atoms with Crippen molar-refractivity contribution < 1.29 is 13.9 Å². The lowest BCUT2D eigenvalue weighted by Crippen LogP contribution is -2.40. The third-order valence-corrected chi connectivity index (χ3v) is 5.29. The molecule has 1 aromatic carbocycles. The molecule has 4 aromatic rings. The van der Waals surface area contributed by atoms with Crippen molar-refractivity contribution in [3.63, 3.8) is 0 Å². The van der Waals surface area contributed by atoms with E-state index in [9.17, 15) is 4.79 Å². The quantitative estimate of drug-likeness (QED) is 0.439. The van der Waals surface area contributed by atoms with Crippen LogP contribution >= 0.6 is 0 Å². The van der Waals surface area contributed by atoms with Gasteiger partial charge in [0.2, 0.25) is 11.8 Å². The minimum Gasteiger partial charge on any atom is -0.497 e. The van der Waals surface area contributed by atoms with Crippen molar-refractivity contribution in [1.82, 2.24) is 15.0 Å². The zero-order valence-corrected chi connectivity index (χ0v) is 18.5. The molecular weight excluding hydrogens is 403 g/mol. The van der Waals surface area contributed by atoms with Crippen LogP contribution < -0.4 is 15.4 Å². The maximum absolute atomic E-state index is 12.3. The SMILES string of the molecule is BC(B)(B)Nc1ncc(-c2nc3cc(OC)ccc3o2)c2cc(NC(=O)C3CC3)ncc12. The van der Waals surface area contributed by atoms with Crippen LogP contribution in [0.1, 0.15) is 12.8 Å². The first kappa shape index (κ1) is 20.4. The van der Waals surface area contributed by atoms with Crippen molar-refractivity contribution in [3.8, 4) is 17.2 Å². The number of carbonyl (C=O) groups excluding carboxylic acids is 1. The van der Waals surface area contributed by atoms with Crippen molar-refractivity contribution in [2.45, 2.75) is 18.1 Å². The predicted molar refractivity (Wildman–Crippen MR) is 132 cm³/mol. The molecule has 0 saturated heterocycles. The Bertz CT molecular complexity index is 1350. The van der Waals surface area contributed by atoms with Crippen molar-refractivity contribution >= 4 is 63.0 Å². The Balaban J connectivity index is 1.64. The molecule has 158 valence electrons. The maximum atomic E-state index is 12.3. The lowest BCUT2D eigenvalue weighted by molar-refractivity contribution is -0.117. The normalized spacial score (nSPS) is 13.9. The van der Waals surface area contributed by atoms with E-state index in [1.165, 1.54) is 0 Å². The number of ether oxygens (including phenoxy) is 1. The fourth-order valence-corrected chi connectivity index (χ4v) is 3.55. The van der Waals surface area contributed by atoms with Crippen LogP contribution in [-0.2, 0) is 4.79 Å². The smallest absolute Gasteiger partial charge is 0.229 e. The van der Waals surface area contributed by atoms with E-state index in [0.717, 1.165) is 29.2 Å². The fourth-order valence-electron chi connectivity index (χ4n) is 3.55. The van der Waals surface area contributed by atoms with Gasteiger partial charge in [0.15, 0.2) is 5.58 Å². The van der Waals surface area contributed by atoms with Gasteiger partial charge in [0.25, 0.3) is 0 Å². The molecule has 3 aromatic heterocycles. The van der Waals surface area contributed by atoms with Crippen LogP contribution in [0.15, 0.2) is 41.1 Å². The number of carbonyl (C=O) groups is 1. The maximum Gasteiger partial charge on any atom is 0.229 e. The Morgan fingerprint density at radius 2 is 1.97 bits per heavy atom. The molecule has 1 amide bonds. The zero-order valence-electron chi connectivity index (χ0n) is 18.5. The highest BCUT2D eigenvalue weighted by Gasteiger charge is 2.30. The summed E-state index contributed by atoms with van der Waals surface area (Å²) in [6.45, 7) is 0. The first-order valence-electron chi connectivity index (χ1n) is 10.6. The molecule has 0 spiro atoms. The van der Waals surface area contributed by atoms with Gasteiger partial charge in [-0.3, -0.25) is 4.79 Å². The molecule has 0 aliphatic heterocycles. The van der Waals surface area contributed by atoms with Gasteiger partial charge >= 0.3 is 0 Å². The Kier molecular flexibility index (Phi) is 4.84. The van der Waals surface area contributed by atoms with Crippen LogP contribution in [0.3, 0.4) is 0 Å². The summed E-state index contributed by atoms with van der Waals surface area (Å²) in [6.07, 6.45) is 5.33. The number of oxazole rings is 1. The standard InChI is InChI=1S/C21H22B3N5O3/c1-31-11-4-5-16-15(6-11)27-20(32-16)14-9-26-18(29-21(22,23)24)13-8-25-17(7-12(13)14)28-19(30)10-2-3-10/h4-10H,2-3,22-24H2,1H3,(H,26,29)(H,25,28,30). The van der Waals surface area contributed by atoms with Crippen LogP contribution in [0.25, 0.3) is 33.3 Å². The number of anilines is 2. The number of aromatic nitrogens is 3. The van der Waals surface area contributed by atoms with Gasteiger partial charge in [0.05, 0.1) is 12.7 Å². The van der Waals surface area contributed by atoms with Gasteiger partial charge < -0.3 is 19.8 Å². The third kappa shape index (κ3) is 4.02. The molecule has 0 atom stereocenters. The van der Waals surface area contributed by atoms with Gasteiger partial charge in [-0.05, 0) is 36.3 Å². The van der Waals surface area contributed by atoms with E-state index in [4.69, 9.17) is 9.15 Å². The highest BCUT2D eigenvalue weighted by atomic mass is 16.5. The molecule has 1 saturated carbocycles. The highest BCUT2D eigenvalue weighted by molar-refractivity contribution is 6.60. The predicted octanol–water partition coefficient (Wildman–Crippen LogP) is 0.718. The molecule has 5 rings (SSSR count). The van der Waals surface area contributed by atoms with Gasteiger partial charge in [-0.2, -0.15) is 0 Å². The molecule has 2 N–H and O–H groups in total. The number of nitrogens with zero attached hydrogens (tertiary/aromatic N) is 3. The number of methoxy groups -OCH3 is 1. The number of amides is 1. The molecular formula is C21H22B3N5O3. The summed E-state index contributed by atoms with van der Waals surface area (Å²) in [5.41, 5.74) is 2.07. The molecule has 1 fully saturated rings. The summed E-state index contributed by atoms with van der Waals surface area (Å²) in [6, 6.07) is 7.35. The average Bonchev–Trinajstić information content (AvgIpc) is 3.52. The van der Waals surface area contributed by atoms with Gasteiger partial charge in [-0.15, -0.1) is 0 Å². The Hall–Kier alpha value is -3.49. The van der Waals surface area contributed by atoms with Gasteiger partial charge in [0, 0.05) is 35.2 Å². The van der Waals surface area contributed by atoms with Crippen LogP contribution in [0.5, 0.6) is 5.75 Å². The number of hydrogen-bond acceptors (Lipinski definition) is 7. The number of benzene rings is 1. The van der Waals surface area contributed by atoms with Crippen molar-refractivity contribution in [1.29, 1.82) is 0 Å². The third-order valence-electron chi connectivity index (χ3n) is 5.29. The monoisotopic (exact) mass is 425 g/mol. The summed E-state index contributed by atoms with van der Waals surface area (Å²) in [7, 11) is 7.83. The molecule has 0 unspecified atom stereocenters. The van der Waals surface area contributed by atoms with E-state index < -0.39 is 0 Å². The molecule has 1 aliphatic carbocycles. The largest absolute Gasteiger partial charge is 0.497 e. The lowest BCUT2D eigenvalue weighted by Gasteiger charge is -2.23. The summed E-state index contributed by atoms with van der Waals surface area (Å²) in [4.78, 5) is 26.0.